The third-order valence-corrected chi connectivity index (χ3v) is 4.11. The second kappa shape index (κ2) is 5.02. The lowest BCUT2D eigenvalue weighted by molar-refractivity contribution is 0.638. The van der Waals surface area contributed by atoms with E-state index in [-0.39, 0.29) is 11.1 Å². The second-order valence-electron chi connectivity index (χ2n) is 4.36. The molecule has 0 bridgehead atoms. The lowest BCUT2D eigenvalue weighted by Gasteiger charge is -2.10. The van der Waals surface area contributed by atoms with E-state index in [1.54, 1.807) is 21.4 Å². The average molecular weight is 321 g/mol. The molecule has 0 aliphatic rings. The lowest BCUT2D eigenvalue weighted by atomic mass is 10.2. The number of aromatic nitrogens is 3. The Bertz CT molecular complexity index is 736. The number of hydrogen-bond donors (Lipinski definition) is 0. The molecule has 2 aromatic rings. The van der Waals surface area contributed by atoms with Crippen molar-refractivity contribution in [2.24, 2.45) is 7.05 Å². The van der Waals surface area contributed by atoms with E-state index in [2.05, 4.69) is 21.0 Å². The molecule has 0 radical (unpaired) electrons. The van der Waals surface area contributed by atoms with Crippen LogP contribution in [0, 0.1) is 25.2 Å². The molecule has 6 heteroatoms. The van der Waals surface area contributed by atoms with Crippen molar-refractivity contribution in [1.29, 1.82) is 5.26 Å². The van der Waals surface area contributed by atoms with Crippen LogP contribution in [0.5, 0.6) is 0 Å². The smallest absolute Gasteiger partial charge is 0.269 e. The van der Waals surface area contributed by atoms with Gasteiger partial charge >= 0.3 is 0 Å². The molecule has 19 heavy (non-hydrogen) atoms. The number of aryl methyl sites for hydroxylation is 3. The Morgan fingerprint density at radius 2 is 2.11 bits per heavy atom. The largest absolute Gasteiger partial charge is 0.306 e. The predicted octanol–water partition coefficient (Wildman–Crippen LogP) is 1.88. The summed E-state index contributed by atoms with van der Waals surface area (Å²) in [4.78, 5) is 12.2. The molecule has 0 saturated heterocycles. The third-order valence-electron chi connectivity index (χ3n) is 3.08. The van der Waals surface area contributed by atoms with Crippen LogP contribution in [-0.2, 0) is 13.6 Å². The Morgan fingerprint density at radius 3 is 2.63 bits per heavy atom. The molecular formula is C13H13BrN4O. The Kier molecular flexibility index (Phi) is 3.58. The lowest BCUT2D eigenvalue weighted by Crippen LogP contribution is -2.25. The molecular weight excluding hydrogens is 308 g/mol. The van der Waals surface area contributed by atoms with Gasteiger partial charge in [-0.1, -0.05) is 0 Å². The fraction of sp³-hybridized carbons (Fsp3) is 0.308. The van der Waals surface area contributed by atoms with Crippen molar-refractivity contribution in [2.45, 2.75) is 20.4 Å². The Morgan fingerprint density at radius 1 is 1.42 bits per heavy atom. The molecule has 0 aliphatic carbocycles. The average Bonchev–Trinajstić information content (AvgIpc) is 2.60. The van der Waals surface area contributed by atoms with Gasteiger partial charge < -0.3 is 4.57 Å². The van der Waals surface area contributed by atoms with E-state index >= 15 is 0 Å². The van der Waals surface area contributed by atoms with E-state index in [0.717, 1.165) is 21.6 Å². The number of nitrogens with zero attached hydrogens (tertiary/aromatic N) is 4. The monoisotopic (exact) mass is 320 g/mol. The summed E-state index contributed by atoms with van der Waals surface area (Å²) in [6, 6.07) is 5.24. The van der Waals surface area contributed by atoms with Crippen LogP contribution in [-0.4, -0.2) is 14.3 Å². The van der Waals surface area contributed by atoms with Crippen molar-refractivity contribution >= 4 is 15.9 Å². The highest BCUT2D eigenvalue weighted by Gasteiger charge is 2.14. The molecule has 0 unspecified atom stereocenters. The summed E-state index contributed by atoms with van der Waals surface area (Å²) in [6.45, 7) is 4.13. The number of hydrogen-bond acceptors (Lipinski definition) is 3. The molecule has 0 atom stereocenters. The number of rotatable bonds is 2. The molecule has 0 fully saturated rings. The molecule has 0 amide bonds. The van der Waals surface area contributed by atoms with Gasteiger partial charge in [0.15, 0.2) is 0 Å². The van der Waals surface area contributed by atoms with E-state index in [1.807, 2.05) is 27.0 Å². The van der Waals surface area contributed by atoms with Gasteiger partial charge in [-0.2, -0.15) is 10.4 Å². The summed E-state index contributed by atoms with van der Waals surface area (Å²) in [6.07, 6.45) is 0. The van der Waals surface area contributed by atoms with Crippen LogP contribution in [0.15, 0.2) is 21.4 Å². The van der Waals surface area contributed by atoms with Gasteiger partial charge in [-0.15, -0.1) is 0 Å². The van der Waals surface area contributed by atoms with Crippen molar-refractivity contribution in [3.8, 4) is 6.07 Å². The van der Waals surface area contributed by atoms with Crippen LogP contribution in [0.3, 0.4) is 0 Å². The minimum absolute atomic E-state index is 0.153. The normalized spacial score (nSPS) is 10.5. The van der Waals surface area contributed by atoms with E-state index in [4.69, 9.17) is 5.26 Å². The first-order valence-corrected chi connectivity index (χ1v) is 6.53. The fourth-order valence-electron chi connectivity index (χ4n) is 1.95. The fourth-order valence-corrected chi connectivity index (χ4v) is 2.42. The minimum Gasteiger partial charge on any atom is -0.306 e. The summed E-state index contributed by atoms with van der Waals surface area (Å²) in [5.41, 5.74) is 2.47. The summed E-state index contributed by atoms with van der Waals surface area (Å²) >= 11 is 3.48. The Hall–Kier alpha value is -1.87. The third kappa shape index (κ3) is 2.34. The van der Waals surface area contributed by atoms with Gasteiger partial charge in [0.05, 0.1) is 22.4 Å². The van der Waals surface area contributed by atoms with Crippen molar-refractivity contribution in [3.05, 3.63) is 49.6 Å². The summed E-state index contributed by atoms with van der Waals surface area (Å²) in [5.74, 6) is 0. The van der Waals surface area contributed by atoms with E-state index in [9.17, 15) is 4.79 Å². The van der Waals surface area contributed by atoms with E-state index < -0.39 is 0 Å². The van der Waals surface area contributed by atoms with Crippen LogP contribution in [0.2, 0.25) is 0 Å². The number of halogens is 1. The highest BCUT2D eigenvalue weighted by atomic mass is 79.9. The molecule has 0 N–H and O–H groups in total. The molecule has 5 nitrogen and oxygen atoms in total. The first-order valence-electron chi connectivity index (χ1n) is 5.74. The van der Waals surface area contributed by atoms with Crippen molar-refractivity contribution < 1.29 is 0 Å². The highest BCUT2D eigenvalue weighted by Crippen LogP contribution is 2.21. The zero-order valence-electron chi connectivity index (χ0n) is 10.9. The van der Waals surface area contributed by atoms with Crippen molar-refractivity contribution in [1.82, 2.24) is 14.3 Å². The number of nitriles is 1. The van der Waals surface area contributed by atoms with Crippen LogP contribution < -0.4 is 5.56 Å². The topological polar surface area (TPSA) is 63.6 Å². The van der Waals surface area contributed by atoms with Gasteiger partial charge in [0, 0.05) is 12.7 Å². The maximum atomic E-state index is 12.2. The van der Waals surface area contributed by atoms with Crippen LogP contribution >= 0.6 is 15.9 Å². The van der Waals surface area contributed by atoms with Crippen LogP contribution in [0.4, 0.5) is 0 Å². The summed E-state index contributed by atoms with van der Waals surface area (Å²) in [7, 11) is 1.83. The molecule has 2 heterocycles. The zero-order valence-corrected chi connectivity index (χ0v) is 12.5. The molecule has 0 spiro atoms. The molecule has 0 aliphatic heterocycles. The van der Waals surface area contributed by atoms with Crippen LogP contribution in [0.1, 0.15) is 22.6 Å². The van der Waals surface area contributed by atoms with Gasteiger partial charge in [0.25, 0.3) is 5.56 Å². The molecule has 2 rings (SSSR count). The van der Waals surface area contributed by atoms with Crippen LogP contribution in [0.25, 0.3) is 0 Å². The van der Waals surface area contributed by atoms with Crippen molar-refractivity contribution in [3.63, 3.8) is 0 Å². The Labute approximate surface area is 119 Å². The molecule has 98 valence electrons. The van der Waals surface area contributed by atoms with Gasteiger partial charge in [-0.05, 0) is 41.9 Å². The first kappa shape index (κ1) is 13.6. The zero-order chi connectivity index (χ0) is 14.2. The van der Waals surface area contributed by atoms with Gasteiger partial charge in [-0.25, -0.2) is 0 Å². The molecule has 2 aromatic heterocycles. The second-order valence-corrected chi connectivity index (χ2v) is 5.15. The maximum Gasteiger partial charge on any atom is 0.269 e. The summed E-state index contributed by atoms with van der Waals surface area (Å²) in [5, 5.41) is 13.2. The maximum absolute atomic E-state index is 12.2. The van der Waals surface area contributed by atoms with Gasteiger partial charge in [0.1, 0.15) is 11.6 Å². The molecule has 0 aromatic carbocycles. The quantitative estimate of drug-likeness (QED) is 0.848. The van der Waals surface area contributed by atoms with E-state index in [0.29, 0.717) is 6.54 Å². The van der Waals surface area contributed by atoms with Crippen molar-refractivity contribution in [2.75, 3.05) is 0 Å². The minimum atomic E-state index is -0.270. The Balaban J connectivity index is 2.56. The summed E-state index contributed by atoms with van der Waals surface area (Å²) < 4.78 is 4.22. The SMILES string of the molecule is Cc1nn(C)c(Cn2c(C)ccc(C#N)c2=O)c1Br. The highest BCUT2D eigenvalue weighted by molar-refractivity contribution is 9.10. The van der Waals surface area contributed by atoms with Gasteiger partial charge in [0.2, 0.25) is 0 Å². The van der Waals surface area contributed by atoms with Gasteiger partial charge in [-0.3, -0.25) is 9.48 Å². The first-order chi connectivity index (χ1) is 8.95. The predicted molar refractivity (Wildman–Crippen MR) is 74.9 cm³/mol. The molecule has 0 saturated carbocycles. The van der Waals surface area contributed by atoms with E-state index in [1.165, 1.54) is 0 Å². The number of pyridine rings is 1. The standard InChI is InChI=1S/C13H13BrN4O/c1-8-4-5-10(6-15)13(19)18(8)7-11-12(14)9(2)16-17(11)3/h4-5H,7H2,1-3H3.